The number of methoxy groups -OCH3 is 2. The van der Waals surface area contributed by atoms with Crippen LogP contribution in [0.4, 0.5) is 9.59 Å². The van der Waals surface area contributed by atoms with Gasteiger partial charge in [0.1, 0.15) is 0 Å². The van der Waals surface area contributed by atoms with Gasteiger partial charge in [-0.15, -0.1) is 0 Å². The monoisotopic (exact) mass is 920 g/mol. The van der Waals surface area contributed by atoms with Crippen molar-refractivity contribution in [3.8, 4) is 0 Å². The molecule has 4 fully saturated rings. The number of amides is 8. The summed E-state index contributed by atoms with van der Waals surface area (Å²) in [6, 6.07) is 5.50. The number of urea groups is 2. The molecule has 0 spiro atoms. The summed E-state index contributed by atoms with van der Waals surface area (Å²) in [5.74, 6) is 1.26. The predicted molar refractivity (Wildman–Crippen MR) is 242 cm³/mol. The van der Waals surface area contributed by atoms with Crippen molar-refractivity contribution in [2.75, 3.05) is 78.3 Å². The summed E-state index contributed by atoms with van der Waals surface area (Å²) in [5.41, 5.74) is 1.13. The molecule has 352 valence electrons. The van der Waals surface area contributed by atoms with Crippen LogP contribution in [-0.4, -0.2) is 149 Å². The van der Waals surface area contributed by atoms with Gasteiger partial charge in [-0.05, 0) is 69.6 Å². The maximum absolute atomic E-state index is 13.1. The van der Waals surface area contributed by atoms with Gasteiger partial charge in [-0.2, -0.15) is 23.5 Å². The molecule has 8 amide bonds. The molecule has 20 heteroatoms. The van der Waals surface area contributed by atoms with Gasteiger partial charge in [0, 0.05) is 118 Å². The lowest BCUT2D eigenvalue weighted by molar-refractivity contribution is -0.122. The van der Waals surface area contributed by atoms with Crippen molar-refractivity contribution >= 4 is 59.2 Å². The molecule has 0 aromatic heterocycles. The van der Waals surface area contributed by atoms with E-state index in [4.69, 9.17) is 18.9 Å². The minimum atomic E-state index is -0.767. The topological polar surface area (TPSA) is 236 Å². The van der Waals surface area contributed by atoms with Crippen molar-refractivity contribution in [3.63, 3.8) is 0 Å². The molecule has 0 saturated carbocycles. The molecule has 6 unspecified atom stereocenters. The normalized spacial score (nSPS) is 22.1. The Hall–Kier alpha value is -3.82. The van der Waals surface area contributed by atoms with E-state index in [1.807, 2.05) is 23.5 Å². The average molecular weight is 921 g/mol. The highest BCUT2D eigenvalue weighted by Crippen LogP contribution is 2.34. The Balaban J connectivity index is 0.860. The van der Waals surface area contributed by atoms with Crippen LogP contribution in [0.1, 0.15) is 110 Å². The summed E-state index contributed by atoms with van der Waals surface area (Å²) in [7, 11) is 2.97. The fourth-order valence-electron chi connectivity index (χ4n) is 8.11. The number of benzene rings is 1. The summed E-state index contributed by atoms with van der Waals surface area (Å²) >= 11 is 3.77. The van der Waals surface area contributed by atoms with Gasteiger partial charge in [0.25, 0.3) is 11.8 Å². The molecule has 1 aromatic rings. The number of unbranched alkanes of at least 4 members (excludes halogenated alkanes) is 2. The molecule has 4 heterocycles. The first-order valence-corrected chi connectivity index (χ1v) is 24.6. The Labute approximate surface area is 379 Å². The fourth-order valence-corrected chi connectivity index (χ4v) is 11.2. The molecule has 5 rings (SSSR count). The molecule has 18 nitrogen and oxygen atoms in total. The van der Waals surface area contributed by atoms with Crippen LogP contribution in [-0.2, 0) is 28.5 Å². The molecule has 63 heavy (non-hydrogen) atoms. The average Bonchev–Trinajstić information content (AvgIpc) is 4.04. The molecule has 6 atom stereocenters. The van der Waals surface area contributed by atoms with Crippen LogP contribution >= 0.6 is 23.5 Å². The van der Waals surface area contributed by atoms with Gasteiger partial charge in [-0.1, -0.05) is 12.8 Å². The van der Waals surface area contributed by atoms with Gasteiger partial charge in [-0.25, -0.2) is 9.59 Å². The smallest absolute Gasteiger partial charge is 0.315 e. The van der Waals surface area contributed by atoms with E-state index in [0.29, 0.717) is 118 Å². The lowest BCUT2D eigenvalue weighted by Crippen LogP contribution is -2.36. The van der Waals surface area contributed by atoms with E-state index in [1.54, 1.807) is 18.2 Å². The van der Waals surface area contributed by atoms with Crippen molar-refractivity contribution in [2.45, 2.75) is 118 Å². The Morgan fingerprint density at radius 3 is 1.41 bits per heavy atom. The first-order chi connectivity index (χ1) is 30.6. The Kier molecular flexibility index (Phi) is 21.9. The standard InChI is InChI=1S/C43H68N8O10S2/c1-58-41(59-2)30-24-28(39(54)46-17-9-21-60-19-7-15-44-35(52)13-5-3-11-33-37-31(26-62-33)48-42(56)50-37)23-29(25-30)40(55)47-18-10-22-61-20-8-16-45-36(53)14-6-4-12-34-38-32(27-63-34)49-43(57)51-38/h23-25,31-34,37-38,41H,3-22,26-27H2,1-2H3,(H,44,52)(H,45,53)(H,46,54)(H,47,55)(H2,48,50,56)(H2,49,51,57). The van der Waals surface area contributed by atoms with E-state index in [0.717, 1.165) is 50.0 Å². The number of thioether (sulfide) groups is 2. The molecule has 4 aliphatic heterocycles. The van der Waals surface area contributed by atoms with Gasteiger partial charge in [0.15, 0.2) is 6.29 Å². The lowest BCUT2D eigenvalue weighted by Gasteiger charge is -2.16. The van der Waals surface area contributed by atoms with Crippen molar-refractivity contribution in [1.82, 2.24) is 42.5 Å². The molecule has 4 aliphatic rings. The van der Waals surface area contributed by atoms with Gasteiger partial charge in [0.2, 0.25) is 11.8 Å². The highest BCUT2D eigenvalue weighted by molar-refractivity contribution is 8.00. The van der Waals surface area contributed by atoms with E-state index in [2.05, 4.69) is 42.5 Å². The van der Waals surface area contributed by atoms with Crippen LogP contribution in [0.2, 0.25) is 0 Å². The number of carbonyl (C=O) groups is 6. The van der Waals surface area contributed by atoms with Crippen LogP contribution in [0.25, 0.3) is 0 Å². The van der Waals surface area contributed by atoms with Gasteiger partial charge in [0.05, 0.1) is 24.2 Å². The first-order valence-electron chi connectivity index (χ1n) is 22.5. The molecule has 0 aliphatic carbocycles. The summed E-state index contributed by atoms with van der Waals surface area (Å²) < 4.78 is 22.2. The second kappa shape index (κ2) is 27.5. The minimum Gasteiger partial charge on any atom is -0.381 e. The number of hydrogen-bond acceptors (Lipinski definition) is 12. The van der Waals surface area contributed by atoms with Crippen molar-refractivity contribution in [2.24, 2.45) is 0 Å². The highest BCUT2D eigenvalue weighted by atomic mass is 32.2. The number of hydrogen-bond donors (Lipinski definition) is 8. The molecular weight excluding hydrogens is 853 g/mol. The van der Waals surface area contributed by atoms with Gasteiger partial charge < -0.3 is 61.5 Å². The third kappa shape index (κ3) is 16.9. The molecule has 1 aromatic carbocycles. The molecule has 8 N–H and O–H groups in total. The summed E-state index contributed by atoms with van der Waals surface area (Å²) in [5, 5.41) is 24.4. The summed E-state index contributed by atoms with van der Waals surface area (Å²) in [6.07, 6.45) is 8.24. The van der Waals surface area contributed by atoms with Crippen LogP contribution in [0.3, 0.4) is 0 Å². The Bertz CT molecular complexity index is 1550. The van der Waals surface area contributed by atoms with E-state index in [-0.39, 0.29) is 59.9 Å². The molecule has 0 radical (unpaired) electrons. The second-order valence-corrected chi connectivity index (χ2v) is 18.8. The number of fused-ring (bicyclic) bond motifs is 2. The number of ether oxygens (including phenoxy) is 4. The highest BCUT2D eigenvalue weighted by Gasteiger charge is 2.43. The lowest BCUT2D eigenvalue weighted by atomic mass is 10.0. The zero-order valence-corrected chi connectivity index (χ0v) is 38.4. The van der Waals surface area contributed by atoms with Crippen LogP contribution in [0, 0.1) is 0 Å². The van der Waals surface area contributed by atoms with Crippen LogP contribution in [0.15, 0.2) is 18.2 Å². The Morgan fingerprint density at radius 1 is 0.587 bits per heavy atom. The van der Waals surface area contributed by atoms with Crippen molar-refractivity contribution in [3.05, 3.63) is 34.9 Å². The largest absolute Gasteiger partial charge is 0.381 e. The van der Waals surface area contributed by atoms with Gasteiger partial charge in [-0.3, -0.25) is 19.2 Å². The zero-order chi connectivity index (χ0) is 44.8. The van der Waals surface area contributed by atoms with Crippen LogP contribution < -0.4 is 42.5 Å². The number of carbonyl (C=O) groups excluding carboxylic acids is 6. The third-order valence-electron chi connectivity index (χ3n) is 11.4. The second-order valence-electron chi connectivity index (χ2n) is 16.2. The summed E-state index contributed by atoms with van der Waals surface area (Å²) in [6.45, 7) is 3.68. The van der Waals surface area contributed by atoms with Gasteiger partial charge >= 0.3 is 12.1 Å². The zero-order valence-electron chi connectivity index (χ0n) is 36.7. The van der Waals surface area contributed by atoms with E-state index in [9.17, 15) is 28.8 Å². The van der Waals surface area contributed by atoms with E-state index in [1.165, 1.54) is 14.2 Å². The van der Waals surface area contributed by atoms with Crippen molar-refractivity contribution < 1.29 is 47.7 Å². The SMILES string of the molecule is COC(OC)c1cc(C(=O)NCCCOCCCNC(=O)CCCCC2SCC3NC(=O)NC32)cc(C(=O)NCCCOCCCNC(=O)CCCCC2SCC3NC(=O)NC32)c1. The maximum Gasteiger partial charge on any atom is 0.315 e. The number of nitrogens with one attached hydrogen (secondary N) is 8. The molecular formula is C43H68N8O10S2. The number of rotatable bonds is 31. The van der Waals surface area contributed by atoms with Crippen LogP contribution in [0.5, 0.6) is 0 Å². The van der Waals surface area contributed by atoms with E-state index < -0.39 is 6.29 Å². The molecule has 4 saturated heterocycles. The molecule has 0 bridgehead atoms. The van der Waals surface area contributed by atoms with E-state index >= 15 is 0 Å². The summed E-state index contributed by atoms with van der Waals surface area (Å²) in [4.78, 5) is 73.8. The maximum atomic E-state index is 13.1. The fraction of sp³-hybridized carbons (Fsp3) is 0.721. The quantitative estimate of drug-likeness (QED) is 0.0305. The minimum absolute atomic E-state index is 0.0332. The first kappa shape index (κ1) is 50.2. The third-order valence-corrected chi connectivity index (χ3v) is 14.4. The van der Waals surface area contributed by atoms with Crippen molar-refractivity contribution in [1.29, 1.82) is 0 Å². The predicted octanol–water partition coefficient (Wildman–Crippen LogP) is 2.72. The Morgan fingerprint density at radius 2 is 1.00 bits per heavy atom.